The lowest BCUT2D eigenvalue weighted by Crippen LogP contribution is -2.41. The minimum absolute atomic E-state index is 0.397. The molecule has 0 saturated carbocycles. The van der Waals surface area contributed by atoms with E-state index in [1.54, 1.807) is 18.2 Å². The predicted molar refractivity (Wildman–Crippen MR) is 76.1 cm³/mol. The van der Waals surface area contributed by atoms with E-state index in [-0.39, 0.29) is 0 Å². The number of nitrogen functional groups attached to an aromatic ring is 2. The van der Waals surface area contributed by atoms with E-state index in [1.807, 2.05) is 0 Å². The van der Waals surface area contributed by atoms with Crippen LogP contribution in [0.2, 0.25) is 0 Å². The first-order valence-electron chi connectivity index (χ1n) is 5.87. The number of rotatable bonds is 6. The monoisotopic (exact) mass is 293 g/mol. The van der Waals surface area contributed by atoms with Crippen LogP contribution in [0.5, 0.6) is 0 Å². The number of carboxylic acids is 2. The molecule has 112 valence electrons. The molecule has 0 spiro atoms. The molecule has 0 bridgehead atoms. The zero-order chi connectivity index (χ0) is 16.0. The highest BCUT2D eigenvalue weighted by molar-refractivity contribution is 5.96. The summed E-state index contributed by atoms with van der Waals surface area (Å²) in [5, 5.41) is 19.4. The van der Waals surface area contributed by atoms with Gasteiger partial charge >= 0.3 is 11.9 Å². The van der Waals surface area contributed by atoms with Gasteiger partial charge in [-0.2, -0.15) is 0 Å². The highest BCUT2D eigenvalue weighted by Gasteiger charge is 2.21. The Hall–Kier alpha value is -3.03. The van der Waals surface area contributed by atoms with Crippen LogP contribution in [0.1, 0.15) is 12.0 Å². The Morgan fingerprint density at radius 2 is 1.90 bits per heavy atom. The second-order valence-corrected chi connectivity index (χ2v) is 4.22. The fourth-order valence-electron chi connectivity index (χ4n) is 1.50. The topological polar surface area (TPSA) is 156 Å². The van der Waals surface area contributed by atoms with E-state index in [0.29, 0.717) is 16.9 Å². The molecule has 0 aliphatic carbocycles. The van der Waals surface area contributed by atoms with Gasteiger partial charge in [0.1, 0.15) is 6.04 Å². The number of amides is 1. The Morgan fingerprint density at radius 1 is 1.24 bits per heavy atom. The minimum atomic E-state index is -1.50. The molecule has 1 aromatic carbocycles. The molecule has 0 aliphatic heterocycles. The summed E-state index contributed by atoms with van der Waals surface area (Å²) in [5.41, 5.74) is 12.6. The number of hydrogen-bond acceptors (Lipinski definition) is 5. The third-order valence-corrected chi connectivity index (χ3v) is 2.52. The molecular formula is C13H15N3O5. The summed E-state index contributed by atoms with van der Waals surface area (Å²) in [4.78, 5) is 32.9. The van der Waals surface area contributed by atoms with E-state index < -0.39 is 30.3 Å². The number of carbonyl (C=O) groups excluding carboxylic acids is 1. The Balaban J connectivity index is 2.75. The van der Waals surface area contributed by atoms with Gasteiger partial charge in [0, 0.05) is 17.5 Å². The van der Waals surface area contributed by atoms with Crippen LogP contribution in [-0.2, 0) is 14.4 Å². The zero-order valence-corrected chi connectivity index (χ0v) is 10.9. The number of benzene rings is 1. The van der Waals surface area contributed by atoms with Crippen molar-refractivity contribution in [3.05, 3.63) is 29.8 Å². The highest BCUT2D eigenvalue weighted by atomic mass is 16.4. The first kappa shape index (κ1) is 16.0. The maximum atomic E-state index is 11.6. The third-order valence-electron chi connectivity index (χ3n) is 2.52. The van der Waals surface area contributed by atoms with Crippen molar-refractivity contribution in [3.63, 3.8) is 0 Å². The van der Waals surface area contributed by atoms with Crippen LogP contribution in [-0.4, -0.2) is 34.1 Å². The van der Waals surface area contributed by atoms with Gasteiger partial charge in [-0.15, -0.1) is 0 Å². The van der Waals surface area contributed by atoms with Gasteiger partial charge in [0.15, 0.2) is 0 Å². The summed E-state index contributed by atoms with van der Waals surface area (Å²) in [6.07, 6.45) is 1.71. The lowest BCUT2D eigenvalue weighted by Gasteiger charge is -2.10. The van der Waals surface area contributed by atoms with Crippen molar-refractivity contribution in [3.8, 4) is 0 Å². The number of nitrogens with two attached hydrogens (primary N) is 2. The Kier molecular flexibility index (Phi) is 5.30. The molecule has 8 heteroatoms. The summed E-state index contributed by atoms with van der Waals surface area (Å²) >= 11 is 0. The first-order valence-corrected chi connectivity index (χ1v) is 5.87. The van der Waals surface area contributed by atoms with E-state index in [9.17, 15) is 14.4 Å². The standard InChI is InChI=1S/C13H15N3O5/c14-8-2-3-9(15)7(5-8)1-4-11(17)16-10(13(20)21)6-12(18)19/h1-5,10H,6,14-15H2,(H,16,17)(H,18,19)(H,20,21)/b4-1+/t10-/m0/s1. The number of aliphatic carboxylic acids is 2. The molecule has 0 fully saturated rings. The van der Waals surface area contributed by atoms with E-state index in [4.69, 9.17) is 21.7 Å². The maximum Gasteiger partial charge on any atom is 0.326 e. The van der Waals surface area contributed by atoms with Crippen LogP contribution in [0, 0.1) is 0 Å². The average molecular weight is 293 g/mol. The van der Waals surface area contributed by atoms with Crippen LogP contribution in [0.3, 0.4) is 0 Å². The van der Waals surface area contributed by atoms with Gasteiger partial charge in [-0.3, -0.25) is 9.59 Å². The normalized spacial score (nSPS) is 12.0. The molecule has 0 aromatic heterocycles. The lowest BCUT2D eigenvalue weighted by atomic mass is 10.1. The summed E-state index contributed by atoms with van der Waals surface area (Å²) in [7, 11) is 0. The molecule has 0 saturated heterocycles. The van der Waals surface area contributed by atoms with Crippen LogP contribution in [0.4, 0.5) is 11.4 Å². The fraction of sp³-hybridized carbons (Fsp3) is 0.154. The van der Waals surface area contributed by atoms with Gasteiger partial charge < -0.3 is 27.0 Å². The first-order chi connectivity index (χ1) is 9.79. The average Bonchev–Trinajstić information content (AvgIpc) is 2.38. The maximum absolute atomic E-state index is 11.6. The fourth-order valence-corrected chi connectivity index (χ4v) is 1.50. The Morgan fingerprint density at radius 3 is 2.48 bits per heavy atom. The van der Waals surface area contributed by atoms with Gasteiger partial charge in [0.25, 0.3) is 0 Å². The van der Waals surface area contributed by atoms with Gasteiger partial charge in [0.05, 0.1) is 6.42 Å². The second kappa shape index (κ2) is 6.94. The number of hydrogen-bond donors (Lipinski definition) is 5. The number of nitrogens with one attached hydrogen (secondary N) is 1. The van der Waals surface area contributed by atoms with Gasteiger partial charge in [-0.1, -0.05) is 0 Å². The lowest BCUT2D eigenvalue weighted by molar-refractivity contribution is -0.146. The van der Waals surface area contributed by atoms with E-state index >= 15 is 0 Å². The number of carbonyl (C=O) groups is 3. The molecule has 21 heavy (non-hydrogen) atoms. The Labute approximate surface area is 120 Å². The van der Waals surface area contributed by atoms with Crippen molar-refractivity contribution < 1.29 is 24.6 Å². The smallest absolute Gasteiger partial charge is 0.326 e. The molecule has 0 unspecified atom stereocenters. The van der Waals surface area contributed by atoms with Gasteiger partial charge in [0.2, 0.25) is 5.91 Å². The van der Waals surface area contributed by atoms with Crippen molar-refractivity contribution in [2.45, 2.75) is 12.5 Å². The summed E-state index contributed by atoms with van der Waals surface area (Å²) in [6.45, 7) is 0. The third kappa shape index (κ3) is 5.23. The van der Waals surface area contributed by atoms with Crippen LogP contribution < -0.4 is 16.8 Å². The molecule has 1 atom stereocenters. The summed E-state index contributed by atoms with van der Waals surface area (Å²) in [6, 6.07) is 3.21. The van der Waals surface area contributed by atoms with E-state index in [0.717, 1.165) is 6.08 Å². The van der Waals surface area contributed by atoms with Crippen molar-refractivity contribution in [2.24, 2.45) is 0 Å². The van der Waals surface area contributed by atoms with Crippen LogP contribution in [0.25, 0.3) is 6.08 Å². The molecule has 1 rings (SSSR count). The molecule has 0 radical (unpaired) electrons. The molecule has 0 heterocycles. The van der Waals surface area contributed by atoms with Crippen molar-refractivity contribution in [1.29, 1.82) is 0 Å². The van der Waals surface area contributed by atoms with Crippen LogP contribution >= 0.6 is 0 Å². The summed E-state index contributed by atoms with van der Waals surface area (Å²) < 4.78 is 0. The summed E-state index contributed by atoms with van der Waals surface area (Å²) in [5.74, 6) is -3.50. The quantitative estimate of drug-likeness (QED) is 0.362. The molecule has 0 aliphatic rings. The van der Waals surface area contributed by atoms with Crippen LogP contribution in [0.15, 0.2) is 24.3 Å². The molecular weight excluding hydrogens is 278 g/mol. The zero-order valence-electron chi connectivity index (χ0n) is 10.9. The van der Waals surface area contributed by atoms with Crippen molar-refractivity contribution >= 4 is 35.3 Å². The second-order valence-electron chi connectivity index (χ2n) is 4.22. The van der Waals surface area contributed by atoms with Gasteiger partial charge in [-0.25, -0.2) is 4.79 Å². The molecule has 1 aromatic rings. The van der Waals surface area contributed by atoms with Gasteiger partial charge in [-0.05, 0) is 29.8 Å². The molecule has 8 nitrogen and oxygen atoms in total. The Bertz CT molecular complexity index is 597. The van der Waals surface area contributed by atoms with E-state index in [2.05, 4.69) is 5.32 Å². The molecule has 7 N–H and O–H groups in total. The minimum Gasteiger partial charge on any atom is -0.481 e. The SMILES string of the molecule is Nc1ccc(N)c(/C=C/C(=O)N[C@@H](CC(=O)O)C(=O)O)c1. The number of carboxylic acid groups (broad SMARTS) is 2. The van der Waals surface area contributed by atoms with E-state index in [1.165, 1.54) is 6.08 Å². The van der Waals surface area contributed by atoms with Crippen molar-refractivity contribution in [1.82, 2.24) is 5.32 Å². The predicted octanol–water partition coefficient (Wildman–Crippen LogP) is -0.0917. The largest absolute Gasteiger partial charge is 0.481 e. The molecule has 1 amide bonds. The highest BCUT2D eigenvalue weighted by Crippen LogP contribution is 2.16. The van der Waals surface area contributed by atoms with Crippen molar-refractivity contribution in [2.75, 3.05) is 11.5 Å². The number of anilines is 2.